The average molecular weight is 932 g/mol. The van der Waals surface area contributed by atoms with Crippen molar-refractivity contribution in [3.05, 3.63) is 11.6 Å². The molecule has 0 bridgehead atoms. The molecule has 0 rings (SSSR count). The van der Waals surface area contributed by atoms with E-state index < -0.39 is 119 Å². The van der Waals surface area contributed by atoms with E-state index >= 15 is 0 Å². The number of hydrogen-bond acceptors (Lipinski definition) is 2. The molecule has 0 aromatic rings. The molecule has 340 valence electrons. The van der Waals surface area contributed by atoms with E-state index in [4.69, 9.17) is 0 Å². The van der Waals surface area contributed by atoms with Crippen LogP contribution in [0.5, 0.6) is 0 Å². The van der Waals surface area contributed by atoms with E-state index in [1.165, 1.54) is 0 Å². The third-order valence-corrected chi connectivity index (χ3v) is 7.00. The topological polar surface area (TPSA) is 26.3 Å². The first-order valence-corrected chi connectivity index (χ1v) is 12.8. The van der Waals surface area contributed by atoms with Crippen LogP contribution < -0.4 is 0 Å². The molecule has 35 heteroatoms. The Labute approximate surface area is 288 Å². The van der Waals surface area contributed by atoms with E-state index in [0.29, 0.717) is 6.92 Å². The number of alkyl halides is 33. The Balaban J connectivity index is 7.82. The molecular weight excluding hydrogens is 923 g/mol. The molecule has 2 nitrogen and oxygen atoms in total. The second-order valence-corrected chi connectivity index (χ2v) is 10.5. The second-order valence-electron chi connectivity index (χ2n) is 10.5. The quantitative estimate of drug-likeness (QED) is 0.0825. The Morgan fingerprint density at radius 2 is 0.526 bits per heavy atom. The summed E-state index contributed by atoms with van der Waals surface area (Å²) >= 11 is 0. The Kier molecular flexibility index (Phi) is 13.0. The van der Waals surface area contributed by atoms with Crippen molar-refractivity contribution in [2.75, 3.05) is 6.61 Å². The van der Waals surface area contributed by atoms with Gasteiger partial charge in [0, 0.05) is 0 Å². The van der Waals surface area contributed by atoms with Crippen LogP contribution in [0.4, 0.5) is 145 Å². The van der Waals surface area contributed by atoms with Gasteiger partial charge in [-0.05, 0) is 13.8 Å². The van der Waals surface area contributed by atoms with E-state index in [0.717, 1.165) is 0 Å². The highest BCUT2D eigenvalue weighted by molar-refractivity contribution is 5.90. The number of halogens is 33. The van der Waals surface area contributed by atoms with Crippen LogP contribution in [-0.2, 0) is 9.53 Å². The fourth-order valence-electron chi connectivity index (χ4n) is 3.55. The van der Waals surface area contributed by atoms with Crippen LogP contribution >= 0.6 is 0 Å². The molecule has 0 amide bonds. The maximum absolute atomic E-state index is 14.2. The smallest absolute Gasteiger partial charge is 0.460 e. The molecule has 0 spiro atoms. The van der Waals surface area contributed by atoms with Crippen molar-refractivity contribution in [3.8, 4) is 0 Å². The Morgan fingerprint density at radius 1 is 0.351 bits per heavy atom. The van der Waals surface area contributed by atoms with Gasteiger partial charge in [0.1, 0.15) is 5.57 Å². The van der Waals surface area contributed by atoms with E-state index in [2.05, 4.69) is 4.74 Å². The van der Waals surface area contributed by atoms with E-state index in [9.17, 15) is 150 Å². The molecule has 0 unspecified atom stereocenters. The van der Waals surface area contributed by atoms with Crippen molar-refractivity contribution >= 4 is 5.97 Å². The monoisotopic (exact) mass is 932 g/mol. The fourth-order valence-corrected chi connectivity index (χ4v) is 3.55. The largest absolute Gasteiger partial charge is 0.462 e. The number of carbonyl (C=O) groups is 1. The lowest BCUT2D eigenvalue weighted by atomic mass is 9.82. The van der Waals surface area contributed by atoms with Crippen LogP contribution in [-0.4, -0.2) is 108 Å². The predicted molar refractivity (Wildman–Crippen MR) is 111 cm³/mol. The van der Waals surface area contributed by atoms with Gasteiger partial charge in [0.15, 0.2) is 0 Å². The predicted octanol–water partition coefficient (Wildman–Crippen LogP) is 11.6. The van der Waals surface area contributed by atoms with Crippen LogP contribution in [0.2, 0.25) is 0 Å². The Bertz CT molecular complexity index is 1510. The maximum Gasteiger partial charge on any atom is 0.460 e. The molecule has 0 atom stereocenters. The van der Waals surface area contributed by atoms with Crippen molar-refractivity contribution in [1.29, 1.82) is 0 Å². The van der Waals surface area contributed by atoms with Crippen LogP contribution in [0.15, 0.2) is 11.6 Å². The van der Waals surface area contributed by atoms with E-state index in [-0.39, 0.29) is 6.92 Å². The average Bonchev–Trinajstić information content (AvgIpc) is 2.99. The highest BCUT2D eigenvalue weighted by Crippen LogP contribution is 2.70. The van der Waals surface area contributed by atoms with Crippen LogP contribution in [0.3, 0.4) is 0 Å². The van der Waals surface area contributed by atoms with Gasteiger partial charge in [0.25, 0.3) is 0 Å². The zero-order valence-corrected chi connectivity index (χ0v) is 25.6. The molecule has 0 aromatic carbocycles. The first-order chi connectivity index (χ1) is 24.2. The van der Waals surface area contributed by atoms with Gasteiger partial charge in [0.05, 0.1) is 6.61 Å². The minimum absolute atomic E-state index is 0.0995. The minimum atomic E-state index is -10.2. The number of allylic oxidation sites excluding steroid dienone is 1. The fraction of sp³-hybridized carbons (Fsp3) is 0.864. The number of carbonyl (C=O) groups excluding carboxylic acids is 1. The van der Waals surface area contributed by atoms with E-state index in [1.807, 2.05) is 0 Å². The van der Waals surface area contributed by atoms with Gasteiger partial charge in [-0.1, -0.05) is 6.08 Å². The third kappa shape index (κ3) is 6.35. The first-order valence-electron chi connectivity index (χ1n) is 12.8. The maximum atomic E-state index is 14.2. The van der Waals surface area contributed by atoms with Crippen LogP contribution in [0, 0.1) is 0 Å². The third-order valence-electron chi connectivity index (χ3n) is 7.00. The van der Waals surface area contributed by atoms with E-state index in [1.54, 1.807) is 0 Å². The zero-order chi connectivity index (χ0) is 47.3. The zero-order valence-electron chi connectivity index (χ0n) is 25.6. The highest BCUT2D eigenvalue weighted by Gasteiger charge is 3.02. The summed E-state index contributed by atoms with van der Waals surface area (Å²) in [4.78, 5) is 11.4. The second kappa shape index (κ2) is 13.7. The van der Waals surface area contributed by atoms with Crippen LogP contribution in [0.25, 0.3) is 0 Å². The summed E-state index contributed by atoms with van der Waals surface area (Å²) < 4.78 is 455. The summed E-state index contributed by atoms with van der Waals surface area (Å²) in [5.74, 6) is -147. The van der Waals surface area contributed by atoms with Gasteiger partial charge in [-0.15, -0.1) is 0 Å². The van der Waals surface area contributed by atoms with Gasteiger partial charge < -0.3 is 4.74 Å². The minimum Gasteiger partial charge on any atom is -0.462 e. The van der Waals surface area contributed by atoms with Crippen molar-refractivity contribution in [2.45, 2.75) is 109 Å². The SMILES string of the molecule is CC=C(C(=O)OCC)C(F)(F)C(F)(F)C(F)(F)C(F)(F)C(F)(F)C(F)(F)C(F)(F)C(F)(F)C(F)(F)C(F)(F)C(F)(F)C(F)(F)C(F)(F)C(F)(F)C(F)(F)C(F)(F)F. The molecule has 0 heterocycles. The van der Waals surface area contributed by atoms with Gasteiger partial charge in [0.2, 0.25) is 0 Å². The number of rotatable bonds is 17. The normalized spacial score (nSPS) is 16.9. The summed E-state index contributed by atoms with van der Waals surface area (Å²) in [5, 5.41) is 0. The van der Waals surface area contributed by atoms with Gasteiger partial charge in [-0.2, -0.15) is 145 Å². The molecular formula is C22H9F33O2. The summed E-state index contributed by atoms with van der Waals surface area (Å²) in [5.41, 5.74) is -3.35. The van der Waals surface area contributed by atoms with Crippen LogP contribution in [0.1, 0.15) is 13.8 Å². The number of hydrogen-bond donors (Lipinski definition) is 0. The lowest BCUT2D eigenvalue weighted by Gasteiger charge is -2.47. The molecule has 0 aliphatic rings. The number of ether oxygens (including phenoxy) is 1. The molecule has 0 radical (unpaired) electrons. The van der Waals surface area contributed by atoms with Gasteiger partial charge >= 0.3 is 101 Å². The lowest BCUT2D eigenvalue weighted by molar-refractivity contribution is -0.490. The van der Waals surface area contributed by atoms with Crippen molar-refractivity contribution < 1.29 is 154 Å². The Hall–Kier alpha value is -3.10. The molecule has 0 N–H and O–H groups in total. The van der Waals surface area contributed by atoms with Crippen molar-refractivity contribution in [2.24, 2.45) is 0 Å². The van der Waals surface area contributed by atoms with Gasteiger partial charge in [-0.25, -0.2) is 4.79 Å². The Morgan fingerprint density at radius 3 is 0.684 bits per heavy atom. The van der Waals surface area contributed by atoms with Crippen molar-refractivity contribution in [3.63, 3.8) is 0 Å². The highest BCUT2D eigenvalue weighted by atomic mass is 19.4. The first kappa shape index (κ1) is 53.9. The standard InChI is InChI=1S/C22H9F33O2/c1-3-5(6(56)57-4-2)7(23,24)8(25,26)9(27,28)10(29,30)11(31,32)12(33,34)13(35,36)14(37,38)15(39,40)16(41,42)17(43,44)18(45,46)19(47,48)20(49,50)21(51,52)22(53,54)55/h3H,4H2,1-2H3. The van der Waals surface area contributed by atoms with Gasteiger partial charge in [-0.3, -0.25) is 0 Å². The summed E-state index contributed by atoms with van der Waals surface area (Å²) in [6, 6.07) is 0. The molecule has 0 aliphatic heterocycles. The molecule has 57 heavy (non-hydrogen) atoms. The summed E-state index contributed by atoms with van der Waals surface area (Å²) in [6.07, 6.45) is -9.22. The molecule has 0 fully saturated rings. The molecule has 0 aliphatic carbocycles. The molecule has 0 aromatic heterocycles. The summed E-state index contributed by atoms with van der Waals surface area (Å²) in [7, 11) is 0. The molecule has 0 saturated carbocycles. The molecule has 0 saturated heterocycles. The number of esters is 1. The van der Waals surface area contributed by atoms with Crippen molar-refractivity contribution in [1.82, 2.24) is 0 Å². The summed E-state index contributed by atoms with van der Waals surface area (Å²) in [6.45, 7) is -0.783. The lowest BCUT2D eigenvalue weighted by Crippen LogP contribution is -2.80.